The minimum absolute atomic E-state index is 0.149. The molecule has 1 heterocycles. The maximum Gasteiger partial charge on any atom is 0.409 e. The fourth-order valence-electron chi connectivity index (χ4n) is 1.51. The summed E-state index contributed by atoms with van der Waals surface area (Å²) in [6.07, 6.45) is 6.54. The summed E-state index contributed by atoms with van der Waals surface area (Å²) in [7, 11) is 0. The van der Waals surface area contributed by atoms with Crippen molar-refractivity contribution in [2.75, 3.05) is 19.7 Å². The van der Waals surface area contributed by atoms with Gasteiger partial charge in [-0.3, -0.25) is 0 Å². The SMILES string of the molecule is CCOC(=O)N1CCC[CH]CCC1. The third-order valence-corrected chi connectivity index (χ3v) is 2.20. The van der Waals surface area contributed by atoms with Crippen molar-refractivity contribution in [3.05, 3.63) is 6.42 Å². The molecule has 0 atom stereocenters. The van der Waals surface area contributed by atoms with Crippen molar-refractivity contribution in [1.29, 1.82) is 0 Å². The molecule has 0 bridgehead atoms. The topological polar surface area (TPSA) is 29.5 Å². The van der Waals surface area contributed by atoms with E-state index in [-0.39, 0.29) is 6.09 Å². The average molecular weight is 184 g/mol. The van der Waals surface area contributed by atoms with E-state index in [4.69, 9.17) is 4.74 Å². The van der Waals surface area contributed by atoms with Gasteiger partial charge in [0.05, 0.1) is 6.61 Å². The number of nitrogens with zero attached hydrogens (tertiary/aromatic N) is 1. The van der Waals surface area contributed by atoms with Crippen LogP contribution >= 0.6 is 0 Å². The van der Waals surface area contributed by atoms with Crippen molar-refractivity contribution in [2.45, 2.75) is 32.6 Å². The number of rotatable bonds is 1. The van der Waals surface area contributed by atoms with Crippen LogP contribution in [0.25, 0.3) is 0 Å². The molecule has 13 heavy (non-hydrogen) atoms. The lowest BCUT2D eigenvalue weighted by molar-refractivity contribution is 0.105. The molecule has 1 rings (SSSR count). The molecule has 0 aromatic carbocycles. The number of hydrogen-bond donors (Lipinski definition) is 0. The smallest absolute Gasteiger partial charge is 0.409 e. The van der Waals surface area contributed by atoms with E-state index in [1.54, 1.807) is 0 Å². The van der Waals surface area contributed by atoms with Crippen molar-refractivity contribution in [2.24, 2.45) is 0 Å². The lowest BCUT2D eigenvalue weighted by atomic mass is 10.1. The lowest BCUT2D eigenvalue weighted by Gasteiger charge is -2.23. The maximum absolute atomic E-state index is 11.4. The third kappa shape index (κ3) is 3.66. The second kappa shape index (κ2) is 5.84. The Labute approximate surface area is 80.1 Å². The van der Waals surface area contributed by atoms with Crippen LogP contribution in [0.2, 0.25) is 0 Å². The molecule has 0 aromatic rings. The van der Waals surface area contributed by atoms with Crippen LogP contribution in [-0.4, -0.2) is 30.7 Å². The van der Waals surface area contributed by atoms with Crippen molar-refractivity contribution in [3.63, 3.8) is 0 Å². The van der Waals surface area contributed by atoms with Crippen LogP contribution in [0.5, 0.6) is 0 Å². The lowest BCUT2D eigenvalue weighted by Crippen LogP contribution is -2.34. The third-order valence-electron chi connectivity index (χ3n) is 2.20. The molecule has 3 nitrogen and oxygen atoms in total. The van der Waals surface area contributed by atoms with Gasteiger partial charge in [-0.15, -0.1) is 0 Å². The summed E-state index contributed by atoms with van der Waals surface area (Å²) < 4.78 is 4.95. The van der Waals surface area contributed by atoms with Crippen LogP contribution in [0.3, 0.4) is 0 Å². The summed E-state index contributed by atoms with van der Waals surface area (Å²) in [4.78, 5) is 13.2. The molecule has 75 valence electrons. The molecule has 1 radical (unpaired) electrons. The van der Waals surface area contributed by atoms with Crippen LogP contribution in [-0.2, 0) is 4.74 Å². The predicted molar refractivity (Wildman–Crippen MR) is 51.4 cm³/mol. The van der Waals surface area contributed by atoms with E-state index in [1.807, 2.05) is 11.8 Å². The van der Waals surface area contributed by atoms with Gasteiger partial charge in [-0.1, -0.05) is 0 Å². The van der Waals surface area contributed by atoms with Gasteiger partial charge >= 0.3 is 6.09 Å². The van der Waals surface area contributed by atoms with Gasteiger partial charge in [0.1, 0.15) is 0 Å². The first-order valence-electron chi connectivity index (χ1n) is 5.08. The Bertz CT molecular complexity index is 151. The standard InChI is InChI=1S/C10H18NO2/c1-2-13-10(12)11-8-6-4-3-5-7-9-11/h3H,2,4-9H2,1H3. The molecule has 3 heteroatoms. The molecule has 1 aliphatic rings. The van der Waals surface area contributed by atoms with E-state index in [0.29, 0.717) is 6.61 Å². The van der Waals surface area contributed by atoms with E-state index in [2.05, 4.69) is 6.42 Å². The van der Waals surface area contributed by atoms with E-state index < -0.39 is 0 Å². The zero-order valence-corrected chi connectivity index (χ0v) is 8.29. The quantitative estimate of drug-likeness (QED) is 0.625. The van der Waals surface area contributed by atoms with Gasteiger partial charge in [0, 0.05) is 13.1 Å². The summed E-state index contributed by atoms with van der Waals surface area (Å²) >= 11 is 0. The van der Waals surface area contributed by atoms with Gasteiger partial charge < -0.3 is 9.64 Å². The van der Waals surface area contributed by atoms with Gasteiger partial charge in [0.15, 0.2) is 0 Å². The Morgan fingerprint density at radius 1 is 1.38 bits per heavy atom. The highest BCUT2D eigenvalue weighted by Crippen LogP contribution is 2.10. The average Bonchev–Trinajstić information content (AvgIpc) is 2.03. The van der Waals surface area contributed by atoms with Crippen LogP contribution in [0.1, 0.15) is 32.6 Å². The van der Waals surface area contributed by atoms with Gasteiger partial charge in [0.2, 0.25) is 0 Å². The number of likely N-dealkylation sites (tertiary alicyclic amines) is 1. The van der Waals surface area contributed by atoms with E-state index in [0.717, 1.165) is 38.8 Å². The summed E-state index contributed by atoms with van der Waals surface area (Å²) in [6, 6.07) is 0. The van der Waals surface area contributed by atoms with E-state index in [9.17, 15) is 4.79 Å². The van der Waals surface area contributed by atoms with Crippen LogP contribution < -0.4 is 0 Å². The minimum atomic E-state index is -0.149. The number of hydrogen-bond acceptors (Lipinski definition) is 2. The first-order chi connectivity index (χ1) is 6.34. The molecular formula is C10H18NO2. The zero-order valence-electron chi connectivity index (χ0n) is 8.29. The number of carbonyl (C=O) groups is 1. The Kier molecular flexibility index (Phi) is 4.65. The molecule has 1 saturated heterocycles. The largest absolute Gasteiger partial charge is 0.450 e. The van der Waals surface area contributed by atoms with Crippen molar-refractivity contribution < 1.29 is 9.53 Å². The molecule has 0 saturated carbocycles. The molecule has 0 spiro atoms. The summed E-state index contributed by atoms with van der Waals surface area (Å²) in [5, 5.41) is 0. The van der Waals surface area contributed by atoms with Crippen molar-refractivity contribution in [1.82, 2.24) is 4.90 Å². The molecule has 0 aliphatic carbocycles. The van der Waals surface area contributed by atoms with E-state index in [1.165, 1.54) is 0 Å². The van der Waals surface area contributed by atoms with Crippen LogP contribution in [0, 0.1) is 6.42 Å². The van der Waals surface area contributed by atoms with Gasteiger partial charge in [-0.05, 0) is 39.0 Å². The molecule has 1 fully saturated rings. The molecule has 0 aromatic heterocycles. The van der Waals surface area contributed by atoms with Crippen molar-refractivity contribution in [3.8, 4) is 0 Å². The molecular weight excluding hydrogens is 166 g/mol. The molecule has 1 aliphatic heterocycles. The normalized spacial score (nSPS) is 19.0. The minimum Gasteiger partial charge on any atom is -0.450 e. The fourth-order valence-corrected chi connectivity index (χ4v) is 1.51. The van der Waals surface area contributed by atoms with Crippen LogP contribution in [0.15, 0.2) is 0 Å². The second-order valence-electron chi connectivity index (χ2n) is 3.26. The zero-order chi connectivity index (χ0) is 9.52. The number of amides is 1. The summed E-state index contributed by atoms with van der Waals surface area (Å²) in [6.45, 7) is 4.00. The Morgan fingerprint density at radius 3 is 2.54 bits per heavy atom. The predicted octanol–water partition coefficient (Wildman–Crippen LogP) is 2.22. The Balaban J connectivity index is 2.32. The van der Waals surface area contributed by atoms with Crippen molar-refractivity contribution >= 4 is 6.09 Å². The van der Waals surface area contributed by atoms with Gasteiger partial charge in [-0.25, -0.2) is 4.79 Å². The first kappa shape index (κ1) is 10.4. The first-order valence-corrected chi connectivity index (χ1v) is 5.08. The number of carbonyl (C=O) groups excluding carboxylic acids is 1. The monoisotopic (exact) mass is 184 g/mol. The fraction of sp³-hybridized carbons (Fsp3) is 0.800. The van der Waals surface area contributed by atoms with Gasteiger partial charge in [-0.2, -0.15) is 0 Å². The highest BCUT2D eigenvalue weighted by atomic mass is 16.6. The Hall–Kier alpha value is -0.730. The molecule has 0 N–H and O–H groups in total. The summed E-state index contributed by atoms with van der Waals surface area (Å²) in [5.41, 5.74) is 0. The number of ether oxygens (including phenoxy) is 1. The van der Waals surface area contributed by atoms with E-state index >= 15 is 0 Å². The highest BCUT2D eigenvalue weighted by molar-refractivity contribution is 5.67. The van der Waals surface area contributed by atoms with Crippen LogP contribution in [0.4, 0.5) is 4.79 Å². The molecule has 0 unspecified atom stereocenters. The van der Waals surface area contributed by atoms with Gasteiger partial charge in [0.25, 0.3) is 0 Å². The Morgan fingerprint density at radius 2 is 2.00 bits per heavy atom. The summed E-state index contributed by atoms with van der Waals surface area (Å²) in [5.74, 6) is 0. The second-order valence-corrected chi connectivity index (χ2v) is 3.26. The highest BCUT2D eigenvalue weighted by Gasteiger charge is 2.14. The maximum atomic E-state index is 11.4. The molecule has 1 amide bonds.